The lowest BCUT2D eigenvalue weighted by molar-refractivity contribution is 0.276. The minimum Gasteiger partial charge on any atom is -0.493 e. The van der Waals surface area contributed by atoms with E-state index >= 15 is 0 Å². The molecule has 2 aromatic carbocycles. The van der Waals surface area contributed by atoms with Gasteiger partial charge in [-0.3, -0.25) is 0 Å². The Morgan fingerprint density at radius 2 is 1.70 bits per heavy atom. The predicted molar refractivity (Wildman–Crippen MR) is 105 cm³/mol. The highest BCUT2D eigenvalue weighted by molar-refractivity contribution is 9.10. The highest BCUT2D eigenvalue weighted by Gasteiger charge is 2.24. The minimum atomic E-state index is -0.367. The van der Waals surface area contributed by atoms with Crippen LogP contribution in [0.5, 0.6) is 5.75 Å². The zero-order chi connectivity index (χ0) is 17.0. The molecule has 0 aliphatic heterocycles. The quantitative estimate of drug-likeness (QED) is 0.529. The topological polar surface area (TPSA) is 9.23 Å². The molecule has 2 rings (SSSR count). The van der Waals surface area contributed by atoms with Crippen LogP contribution in [0.1, 0.15) is 30.5 Å². The van der Waals surface area contributed by atoms with Gasteiger partial charge in [0.25, 0.3) is 0 Å². The van der Waals surface area contributed by atoms with Gasteiger partial charge in [0.05, 0.1) is 15.4 Å². The van der Waals surface area contributed by atoms with Crippen LogP contribution in [-0.4, -0.2) is 15.4 Å². The molecule has 0 unspecified atom stereocenters. The van der Waals surface area contributed by atoms with E-state index in [1.807, 2.05) is 0 Å². The molecule has 3 heteroatoms. The van der Waals surface area contributed by atoms with Crippen molar-refractivity contribution in [2.75, 3.05) is 6.61 Å². The van der Waals surface area contributed by atoms with Crippen LogP contribution in [-0.2, 0) is 6.42 Å². The van der Waals surface area contributed by atoms with Gasteiger partial charge in [-0.15, -0.1) is 0 Å². The average molecular weight is 390 g/mol. The first kappa shape index (κ1) is 18.3. The standard InChI is InChI=1S/C20H26BrOSi/c1-15-6-9-18(21)13-17(15)12-16-7-10-19(11-8-16)22-14-20(2,3)23(4)5/h6-11,13H,12,14H2,1-5H3. The largest absolute Gasteiger partial charge is 0.493 e. The summed E-state index contributed by atoms with van der Waals surface area (Å²) < 4.78 is 7.13. The van der Waals surface area contributed by atoms with Gasteiger partial charge in [-0.2, -0.15) is 0 Å². The van der Waals surface area contributed by atoms with Crippen molar-refractivity contribution in [1.29, 1.82) is 0 Å². The Morgan fingerprint density at radius 1 is 1.04 bits per heavy atom. The van der Waals surface area contributed by atoms with E-state index in [1.165, 1.54) is 16.7 Å². The van der Waals surface area contributed by atoms with Crippen molar-refractivity contribution >= 4 is 24.7 Å². The Bertz CT molecular complexity index is 647. The lowest BCUT2D eigenvalue weighted by Crippen LogP contribution is -2.27. The second-order valence-electron chi connectivity index (χ2n) is 7.06. The normalized spacial score (nSPS) is 11.8. The van der Waals surface area contributed by atoms with E-state index in [2.05, 4.69) is 92.3 Å². The fourth-order valence-electron chi connectivity index (χ4n) is 2.16. The summed E-state index contributed by atoms with van der Waals surface area (Å²) in [6, 6.07) is 15.0. The maximum absolute atomic E-state index is 6.00. The molecular weight excluding hydrogens is 364 g/mol. The Balaban J connectivity index is 2.01. The van der Waals surface area contributed by atoms with Crippen LogP contribution in [0.15, 0.2) is 46.9 Å². The molecule has 0 saturated carbocycles. The number of halogens is 1. The van der Waals surface area contributed by atoms with Gasteiger partial charge >= 0.3 is 0 Å². The van der Waals surface area contributed by atoms with Crippen molar-refractivity contribution in [3.05, 3.63) is 63.6 Å². The van der Waals surface area contributed by atoms with Gasteiger partial charge in [0.1, 0.15) is 5.75 Å². The minimum absolute atomic E-state index is 0.288. The van der Waals surface area contributed by atoms with Crippen LogP contribution >= 0.6 is 15.9 Å². The third-order valence-corrected chi connectivity index (χ3v) is 7.93. The maximum atomic E-state index is 6.00. The molecule has 123 valence electrons. The van der Waals surface area contributed by atoms with Crippen molar-refractivity contribution in [3.63, 3.8) is 0 Å². The third-order valence-electron chi connectivity index (χ3n) is 4.58. The van der Waals surface area contributed by atoms with Gasteiger partial charge in [0.2, 0.25) is 0 Å². The molecule has 0 spiro atoms. The van der Waals surface area contributed by atoms with Crippen LogP contribution < -0.4 is 4.74 Å². The molecule has 0 saturated heterocycles. The molecule has 2 aromatic rings. The lowest BCUT2D eigenvalue weighted by atomic mass is 10.0. The molecule has 23 heavy (non-hydrogen) atoms. The van der Waals surface area contributed by atoms with Gasteiger partial charge < -0.3 is 4.74 Å². The average Bonchev–Trinajstić information content (AvgIpc) is 2.50. The molecule has 0 amide bonds. The molecule has 1 nitrogen and oxygen atoms in total. The number of hydrogen-bond donors (Lipinski definition) is 0. The van der Waals surface area contributed by atoms with Gasteiger partial charge in [-0.25, -0.2) is 0 Å². The molecule has 0 aliphatic rings. The smallest absolute Gasteiger partial charge is 0.119 e. The Morgan fingerprint density at radius 3 is 2.30 bits per heavy atom. The molecule has 0 bridgehead atoms. The molecule has 1 radical (unpaired) electrons. The summed E-state index contributed by atoms with van der Waals surface area (Å²) in [7, 11) is -0.367. The molecule has 0 aliphatic carbocycles. The molecule has 0 aromatic heterocycles. The van der Waals surface area contributed by atoms with E-state index in [1.54, 1.807) is 0 Å². The van der Waals surface area contributed by atoms with Crippen molar-refractivity contribution in [2.24, 2.45) is 0 Å². The first-order valence-electron chi connectivity index (χ1n) is 8.05. The molecule has 0 heterocycles. The SMILES string of the molecule is Cc1ccc(Br)cc1Cc1ccc(OCC(C)(C)[Si](C)C)cc1. The summed E-state index contributed by atoms with van der Waals surface area (Å²) in [5.41, 5.74) is 4.00. The van der Waals surface area contributed by atoms with Crippen molar-refractivity contribution < 1.29 is 4.74 Å². The highest BCUT2D eigenvalue weighted by Crippen LogP contribution is 2.29. The predicted octanol–water partition coefficient (Wildman–Crippen LogP) is 6.26. The van der Waals surface area contributed by atoms with Gasteiger partial charge in [0.15, 0.2) is 0 Å². The van der Waals surface area contributed by atoms with E-state index in [0.29, 0.717) is 0 Å². The van der Waals surface area contributed by atoms with Crippen molar-refractivity contribution in [2.45, 2.75) is 45.3 Å². The van der Waals surface area contributed by atoms with E-state index in [9.17, 15) is 0 Å². The number of rotatable bonds is 6. The van der Waals surface area contributed by atoms with Crippen molar-refractivity contribution in [3.8, 4) is 5.75 Å². The Kier molecular flexibility index (Phi) is 6.10. The summed E-state index contributed by atoms with van der Waals surface area (Å²) in [5.74, 6) is 0.969. The number of benzene rings is 2. The van der Waals surface area contributed by atoms with Crippen LogP contribution in [0.4, 0.5) is 0 Å². The van der Waals surface area contributed by atoms with Gasteiger partial charge in [-0.1, -0.05) is 61.1 Å². The van der Waals surface area contributed by atoms with Crippen LogP contribution in [0.3, 0.4) is 0 Å². The molecule has 0 N–H and O–H groups in total. The summed E-state index contributed by atoms with van der Waals surface area (Å²) in [6.07, 6.45) is 0.952. The number of hydrogen-bond acceptors (Lipinski definition) is 1. The molecule has 0 fully saturated rings. The van der Waals surface area contributed by atoms with Crippen LogP contribution in [0.2, 0.25) is 18.1 Å². The molecule has 0 atom stereocenters. The monoisotopic (exact) mass is 389 g/mol. The third kappa shape index (κ3) is 5.22. The summed E-state index contributed by atoms with van der Waals surface area (Å²) >= 11 is 3.55. The second-order valence-corrected chi connectivity index (χ2v) is 11.3. The number of aryl methyl sites for hydroxylation is 1. The Hall–Kier alpha value is -1.06. The van der Waals surface area contributed by atoms with Gasteiger partial charge in [-0.05, 0) is 59.3 Å². The van der Waals surface area contributed by atoms with E-state index in [-0.39, 0.29) is 13.8 Å². The number of ether oxygens (including phenoxy) is 1. The van der Waals surface area contributed by atoms with E-state index < -0.39 is 0 Å². The van der Waals surface area contributed by atoms with Crippen molar-refractivity contribution in [1.82, 2.24) is 0 Å². The fraction of sp³-hybridized carbons (Fsp3) is 0.400. The fourth-order valence-corrected chi connectivity index (χ4v) is 2.93. The zero-order valence-electron chi connectivity index (χ0n) is 14.7. The first-order valence-corrected chi connectivity index (χ1v) is 11.3. The maximum Gasteiger partial charge on any atom is 0.119 e. The summed E-state index contributed by atoms with van der Waals surface area (Å²) in [5, 5.41) is 0.288. The second kappa shape index (κ2) is 7.67. The van der Waals surface area contributed by atoms with Crippen LogP contribution in [0, 0.1) is 6.92 Å². The summed E-state index contributed by atoms with van der Waals surface area (Å²) in [6.45, 7) is 12.2. The van der Waals surface area contributed by atoms with Crippen LogP contribution in [0.25, 0.3) is 0 Å². The lowest BCUT2D eigenvalue weighted by Gasteiger charge is -2.27. The zero-order valence-corrected chi connectivity index (χ0v) is 17.3. The first-order chi connectivity index (χ1) is 10.8. The van der Waals surface area contributed by atoms with E-state index in [4.69, 9.17) is 4.74 Å². The molecular formula is C20H26BrOSi. The Labute approximate surface area is 150 Å². The summed E-state index contributed by atoms with van der Waals surface area (Å²) in [4.78, 5) is 0. The van der Waals surface area contributed by atoms with Gasteiger partial charge in [0, 0.05) is 4.47 Å². The highest BCUT2D eigenvalue weighted by atomic mass is 79.9. The van der Waals surface area contributed by atoms with E-state index in [0.717, 1.165) is 23.2 Å².